The van der Waals surface area contributed by atoms with E-state index in [-0.39, 0.29) is 12.2 Å². The highest BCUT2D eigenvalue weighted by molar-refractivity contribution is 6.20. The van der Waals surface area contributed by atoms with Crippen LogP contribution in [0.3, 0.4) is 0 Å². The highest BCUT2D eigenvalue weighted by Gasteiger charge is 2.34. The zero-order chi connectivity index (χ0) is 22.2. The van der Waals surface area contributed by atoms with Crippen LogP contribution in [0.1, 0.15) is 49.4 Å². The predicted octanol–water partition coefficient (Wildman–Crippen LogP) is 2.49. The summed E-state index contributed by atoms with van der Waals surface area (Å²) in [5, 5.41) is 4.45. The minimum Gasteiger partial charge on any atom is -0.444 e. The number of amides is 3. The van der Waals surface area contributed by atoms with Gasteiger partial charge in [0.15, 0.2) is 0 Å². The van der Waals surface area contributed by atoms with Gasteiger partial charge in [0, 0.05) is 38.2 Å². The molecule has 0 spiro atoms. The second-order valence-corrected chi connectivity index (χ2v) is 8.30. The Morgan fingerprint density at radius 1 is 1.23 bits per heavy atom. The number of aryl methyl sites for hydroxylation is 1. The Hall–Kier alpha value is -3.36. The Bertz CT molecular complexity index is 1010. The van der Waals surface area contributed by atoms with Crippen LogP contribution in [-0.2, 0) is 29.5 Å². The summed E-state index contributed by atoms with van der Waals surface area (Å²) in [6.07, 6.45) is 0.0447. The lowest BCUT2D eigenvalue weighted by Gasteiger charge is -2.30. The first-order chi connectivity index (χ1) is 14.0. The summed E-state index contributed by atoms with van der Waals surface area (Å²) in [5.41, 5.74) is 7.64. The maximum Gasteiger partial charge on any atom is 0.410 e. The Labute approximate surface area is 175 Å². The fraction of sp³-hybridized carbons (Fsp3) is 0.429. The number of nitrogen functional groups attached to an aromatic ring is 1. The molecule has 160 valence electrons. The number of ether oxygens (including phenoxy) is 1. The number of fused-ring (bicyclic) bond motifs is 1. The van der Waals surface area contributed by atoms with Crippen molar-refractivity contribution < 1.29 is 19.1 Å². The summed E-state index contributed by atoms with van der Waals surface area (Å²) in [7, 11) is 1.65. The Kier molecular flexibility index (Phi) is 5.56. The van der Waals surface area contributed by atoms with Crippen LogP contribution < -0.4 is 10.6 Å². The van der Waals surface area contributed by atoms with Crippen molar-refractivity contribution in [2.75, 3.05) is 17.2 Å². The molecule has 30 heavy (non-hydrogen) atoms. The van der Waals surface area contributed by atoms with E-state index in [0.717, 1.165) is 10.6 Å². The molecule has 0 radical (unpaired) electrons. The van der Waals surface area contributed by atoms with Crippen LogP contribution in [0.2, 0.25) is 0 Å². The summed E-state index contributed by atoms with van der Waals surface area (Å²) in [6, 6.07) is 6.56. The van der Waals surface area contributed by atoms with Gasteiger partial charge in [0.25, 0.3) is 5.91 Å². The average molecular weight is 413 g/mol. The summed E-state index contributed by atoms with van der Waals surface area (Å²) in [5.74, 6) is -0.962. The number of aromatic nitrogens is 2. The lowest BCUT2D eigenvalue weighted by molar-refractivity contribution is -0.115. The fourth-order valence-corrected chi connectivity index (χ4v) is 3.46. The van der Waals surface area contributed by atoms with Gasteiger partial charge in [-0.2, -0.15) is 5.10 Å². The van der Waals surface area contributed by atoms with Crippen LogP contribution in [0, 0.1) is 0 Å². The molecule has 0 atom stereocenters. The highest BCUT2D eigenvalue weighted by Crippen LogP contribution is 2.27. The maximum atomic E-state index is 13.4. The number of benzene rings is 1. The number of carbonyl (C=O) groups excluding carboxylic acids is 3. The molecule has 2 N–H and O–H groups in total. The number of nitrogens with two attached hydrogens (primary N) is 1. The quantitative estimate of drug-likeness (QED) is 0.758. The van der Waals surface area contributed by atoms with Crippen LogP contribution in [0.15, 0.2) is 24.3 Å². The number of carbonyl (C=O) groups is 3. The van der Waals surface area contributed by atoms with Gasteiger partial charge in [-0.15, -0.1) is 0 Å². The van der Waals surface area contributed by atoms with Gasteiger partial charge in [0.05, 0.1) is 17.9 Å². The molecule has 2 aromatic rings. The van der Waals surface area contributed by atoms with Crippen molar-refractivity contribution in [1.82, 2.24) is 14.7 Å². The number of imide groups is 1. The van der Waals surface area contributed by atoms with Crippen molar-refractivity contribution >= 4 is 29.3 Å². The van der Waals surface area contributed by atoms with Crippen molar-refractivity contribution in [3.8, 4) is 0 Å². The molecule has 0 saturated carbocycles. The van der Waals surface area contributed by atoms with Gasteiger partial charge in [-0.25, -0.2) is 9.69 Å². The summed E-state index contributed by atoms with van der Waals surface area (Å²) < 4.78 is 6.93. The molecule has 0 bridgehead atoms. The molecule has 1 aromatic carbocycles. The van der Waals surface area contributed by atoms with Crippen molar-refractivity contribution in [2.45, 2.75) is 46.3 Å². The van der Waals surface area contributed by atoms with Crippen LogP contribution >= 0.6 is 0 Å². The first-order valence-corrected chi connectivity index (χ1v) is 9.71. The molecule has 9 nitrogen and oxygen atoms in total. The third kappa shape index (κ3) is 4.29. The zero-order valence-electron chi connectivity index (χ0n) is 17.9. The van der Waals surface area contributed by atoms with E-state index in [1.165, 1.54) is 11.6 Å². The van der Waals surface area contributed by atoms with Gasteiger partial charge in [-0.05, 0) is 39.0 Å². The zero-order valence-corrected chi connectivity index (χ0v) is 17.9. The van der Waals surface area contributed by atoms with E-state index in [1.54, 1.807) is 57.0 Å². The number of hydrogen-bond acceptors (Lipinski definition) is 6. The SMILES string of the molecule is CC(=O)N(C(=O)c1c2c(nn1C)CCN(C(=O)OC(C)(C)C)C2)c1cccc(N)c1. The van der Waals surface area contributed by atoms with Crippen LogP contribution in [-0.4, -0.2) is 44.7 Å². The van der Waals surface area contributed by atoms with E-state index in [0.29, 0.717) is 29.9 Å². The number of nitrogens with zero attached hydrogens (tertiary/aromatic N) is 4. The molecule has 9 heteroatoms. The van der Waals surface area contributed by atoms with E-state index in [2.05, 4.69) is 5.10 Å². The van der Waals surface area contributed by atoms with Gasteiger partial charge in [0.2, 0.25) is 5.91 Å². The van der Waals surface area contributed by atoms with Gasteiger partial charge >= 0.3 is 6.09 Å². The third-order valence-electron chi connectivity index (χ3n) is 4.70. The standard InChI is InChI=1S/C21H27N5O4/c1-13(27)26(15-8-6-7-14(22)11-15)19(28)18-16-12-25(20(29)30-21(2,3)4)10-9-17(16)23-24(18)5/h6-8,11H,9-10,12,22H2,1-5H3. The normalized spacial score (nSPS) is 13.6. The molecule has 0 fully saturated rings. The monoisotopic (exact) mass is 413 g/mol. The first-order valence-electron chi connectivity index (χ1n) is 9.71. The smallest absolute Gasteiger partial charge is 0.410 e. The average Bonchev–Trinajstić information content (AvgIpc) is 2.94. The molecule has 0 unspecified atom stereocenters. The predicted molar refractivity (Wildman–Crippen MR) is 112 cm³/mol. The van der Waals surface area contributed by atoms with Gasteiger partial charge in [-0.3, -0.25) is 14.3 Å². The van der Waals surface area contributed by atoms with Crippen molar-refractivity contribution in [3.63, 3.8) is 0 Å². The molecular weight excluding hydrogens is 386 g/mol. The molecule has 0 saturated heterocycles. The van der Waals surface area contributed by atoms with Crippen molar-refractivity contribution in [2.24, 2.45) is 7.05 Å². The Balaban J connectivity index is 1.96. The first kappa shape index (κ1) is 21.4. The number of rotatable bonds is 2. The van der Waals surface area contributed by atoms with Crippen LogP contribution in [0.4, 0.5) is 16.2 Å². The van der Waals surface area contributed by atoms with E-state index in [1.807, 2.05) is 0 Å². The third-order valence-corrected chi connectivity index (χ3v) is 4.70. The molecule has 3 amide bonds. The lowest BCUT2D eigenvalue weighted by atomic mass is 10.0. The second-order valence-electron chi connectivity index (χ2n) is 8.30. The minimum absolute atomic E-state index is 0.182. The molecule has 2 heterocycles. The minimum atomic E-state index is -0.621. The number of anilines is 2. The van der Waals surface area contributed by atoms with Gasteiger partial charge in [0.1, 0.15) is 11.3 Å². The van der Waals surface area contributed by atoms with Gasteiger partial charge < -0.3 is 15.4 Å². The Morgan fingerprint density at radius 3 is 2.53 bits per heavy atom. The van der Waals surface area contributed by atoms with E-state index >= 15 is 0 Å². The highest BCUT2D eigenvalue weighted by atomic mass is 16.6. The fourth-order valence-electron chi connectivity index (χ4n) is 3.46. The molecule has 1 aromatic heterocycles. The van der Waals surface area contributed by atoms with Crippen molar-refractivity contribution in [3.05, 3.63) is 41.2 Å². The van der Waals surface area contributed by atoms with Gasteiger partial charge in [-0.1, -0.05) is 6.07 Å². The van der Waals surface area contributed by atoms with Crippen molar-refractivity contribution in [1.29, 1.82) is 0 Å². The topological polar surface area (TPSA) is 111 Å². The molecule has 3 rings (SSSR count). The van der Waals surface area contributed by atoms with E-state index in [4.69, 9.17) is 10.5 Å². The summed E-state index contributed by atoms with van der Waals surface area (Å²) >= 11 is 0. The van der Waals surface area contributed by atoms with E-state index < -0.39 is 23.5 Å². The number of hydrogen-bond donors (Lipinski definition) is 1. The van der Waals surface area contributed by atoms with E-state index in [9.17, 15) is 14.4 Å². The lowest BCUT2D eigenvalue weighted by Crippen LogP contribution is -2.41. The van der Waals surface area contributed by atoms with Crippen LogP contribution in [0.25, 0.3) is 0 Å². The Morgan fingerprint density at radius 2 is 1.93 bits per heavy atom. The molecule has 1 aliphatic heterocycles. The second kappa shape index (κ2) is 7.81. The maximum absolute atomic E-state index is 13.4. The summed E-state index contributed by atoms with van der Waals surface area (Å²) in [4.78, 5) is 40.9. The van der Waals surface area contributed by atoms with Crippen LogP contribution in [0.5, 0.6) is 0 Å². The molecular formula is C21H27N5O4. The summed E-state index contributed by atoms with van der Waals surface area (Å²) in [6.45, 7) is 7.34. The molecule has 1 aliphatic rings. The largest absolute Gasteiger partial charge is 0.444 e. The molecule has 0 aliphatic carbocycles.